The molecular formula is C20H24ClN3O3. The van der Waals surface area contributed by atoms with Crippen LogP contribution in [-0.2, 0) is 0 Å². The lowest BCUT2D eigenvalue weighted by atomic mass is 10.2. The fraction of sp³-hybridized carbons (Fsp3) is 0.400. The van der Waals surface area contributed by atoms with E-state index >= 15 is 0 Å². The predicted octanol–water partition coefficient (Wildman–Crippen LogP) is 4.38. The molecule has 2 heterocycles. The number of amides is 1. The molecule has 1 aliphatic rings. The first-order valence-corrected chi connectivity index (χ1v) is 9.44. The minimum atomic E-state index is -0.240. The van der Waals surface area contributed by atoms with Crippen LogP contribution in [0.5, 0.6) is 11.5 Å². The summed E-state index contributed by atoms with van der Waals surface area (Å²) in [5.74, 6) is 1.53. The lowest BCUT2D eigenvalue weighted by molar-refractivity contribution is 0.102. The molecule has 0 saturated carbocycles. The van der Waals surface area contributed by atoms with Gasteiger partial charge in [-0.25, -0.2) is 4.98 Å². The van der Waals surface area contributed by atoms with Crippen molar-refractivity contribution >= 4 is 29.0 Å². The van der Waals surface area contributed by atoms with Crippen molar-refractivity contribution in [1.82, 2.24) is 4.98 Å². The van der Waals surface area contributed by atoms with Crippen molar-refractivity contribution < 1.29 is 14.3 Å². The lowest BCUT2D eigenvalue weighted by Crippen LogP contribution is -2.25. The number of anilines is 2. The molecule has 1 aliphatic heterocycles. The van der Waals surface area contributed by atoms with Crippen LogP contribution in [0.1, 0.15) is 36.0 Å². The molecule has 144 valence electrons. The summed E-state index contributed by atoms with van der Waals surface area (Å²) in [5, 5.41) is 3.29. The van der Waals surface area contributed by atoms with Crippen molar-refractivity contribution in [2.45, 2.75) is 25.7 Å². The molecule has 1 aromatic heterocycles. The minimum Gasteiger partial charge on any atom is -0.495 e. The van der Waals surface area contributed by atoms with E-state index < -0.39 is 0 Å². The van der Waals surface area contributed by atoms with Crippen LogP contribution < -0.4 is 19.7 Å². The highest BCUT2D eigenvalue weighted by atomic mass is 35.5. The van der Waals surface area contributed by atoms with Crippen LogP contribution in [0.15, 0.2) is 30.5 Å². The van der Waals surface area contributed by atoms with Crippen LogP contribution in [0.2, 0.25) is 5.02 Å². The van der Waals surface area contributed by atoms with Gasteiger partial charge in [-0.05, 0) is 25.0 Å². The summed E-state index contributed by atoms with van der Waals surface area (Å²) in [4.78, 5) is 19.5. The van der Waals surface area contributed by atoms with Gasteiger partial charge >= 0.3 is 0 Å². The average Bonchev–Trinajstić information content (AvgIpc) is 2.98. The second-order valence-corrected chi connectivity index (χ2v) is 6.85. The number of nitrogens with zero attached hydrogens (tertiary/aromatic N) is 2. The van der Waals surface area contributed by atoms with Crippen molar-refractivity contribution in [1.29, 1.82) is 0 Å². The summed E-state index contributed by atoms with van der Waals surface area (Å²) in [5.41, 5.74) is 1.04. The predicted molar refractivity (Wildman–Crippen MR) is 107 cm³/mol. The number of carbonyl (C=O) groups is 1. The van der Waals surface area contributed by atoms with Gasteiger partial charge < -0.3 is 19.7 Å². The number of hydrogen-bond acceptors (Lipinski definition) is 5. The van der Waals surface area contributed by atoms with Gasteiger partial charge in [0.1, 0.15) is 17.3 Å². The summed E-state index contributed by atoms with van der Waals surface area (Å²) in [6.07, 6.45) is 6.47. The number of aromatic nitrogens is 1. The monoisotopic (exact) mass is 389 g/mol. The maximum Gasteiger partial charge on any atom is 0.255 e. The molecule has 7 heteroatoms. The molecule has 0 bridgehead atoms. The lowest BCUT2D eigenvalue weighted by Gasteiger charge is -2.21. The van der Waals surface area contributed by atoms with Gasteiger partial charge in [-0.3, -0.25) is 4.79 Å². The summed E-state index contributed by atoms with van der Waals surface area (Å²) in [6.45, 7) is 1.94. The molecule has 0 unspecified atom stereocenters. The SMILES string of the molecule is COc1cc(NC(=O)c2ccnc(N3CCCCCC3)c2)c(OC)cc1Cl. The fourth-order valence-corrected chi connectivity index (χ4v) is 3.42. The number of pyridine rings is 1. The Bertz CT molecular complexity index is 805. The quantitative estimate of drug-likeness (QED) is 0.821. The minimum absolute atomic E-state index is 0.240. The van der Waals surface area contributed by atoms with E-state index in [-0.39, 0.29) is 5.91 Å². The van der Waals surface area contributed by atoms with Gasteiger partial charge in [0.25, 0.3) is 5.91 Å². The normalized spacial score (nSPS) is 14.4. The van der Waals surface area contributed by atoms with E-state index in [4.69, 9.17) is 21.1 Å². The standard InChI is InChI=1S/C20H24ClN3O3/c1-26-17-13-16(18(27-2)12-15(17)21)23-20(25)14-7-8-22-19(11-14)24-9-5-3-4-6-10-24/h7-8,11-13H,3-6,9-10H2,1-2H3,(H,23,25). The van der Waals surface area contributed by atoms with E-state index in [1.54, 1.807) is 24.4 Å². The first kappa shape index (κ1) is 19.3. The summed E-state index contributed by atoms with van der Waals surface area (Å²) in [6, 6.07) is 6.80. The Labute approximate surface area is 164 Å². The van der Waals surface area contributed by atoms with Crippen molar-refractivity contribution in [3.63, 3.8) is 0 Å². The third-order valence-corrected chi connectivity index (χ3v) is 4.96. The Kier molecular flexibility index (Phi) is 6.40. The summed E-state index contributed by atoms with van der Waals surface area (Å²) in [7, 11) is 3.05. The maximum absolute atomic E-state index is 12.8. The zero-order chi connectivity index (χ0) is 19.2. The zero-order valence-corrected chi connectivity index (χ0v) is 16.4. The molecule has 1 fully saturated rings. The van der Waals surface area contributed by atoms with Crippen molar-refractivity contribution in [2.75, 3.05) is 37.5 Å². The number of hydrogen-bond donors (Lipinski definition) is 1. The molecule has 6 nitrogen and oxygen atoms in total. The van der Waals surface area contributed by atoms with Gasteiger partial charge in [0.05, 0.1) is 24.9 Å². The van der Waals surface area contributed by atoms with E-state index in [9.17, 15) is 4.79 Å². The maximum atomic E-state index is 12.8. The molecule has 0 aliphatic carbocycles. The topological polar surface area (TPSA) is 63.7 Å². The Hall–Kier alpha value is -2.47. The molecule has 1 amide bonds. The smallest absolute Gasteiger partial charge is 0.255 e. The second kappa shape index (κ2) is 8.95. The molecule has 3 rings (SSSR count). The average molecular weight is 390 g/mol. The molecule has 1 aromatic carbocycles. The van der Waals surface area contributed by atoms with Crippen LogP contribution in [0.25, 0.3) is 0 Å². The van der Waals surface area contributed by atoms with Crippen LogP contribution in [0.3, 0.4) is 0 Å². The molecule has 1 saturated heterocycles. The molecular weight excluding hydrogens is 366 g/mol. The third kappa shape index (κ3) is 4.63. The highest BCUT2D eigenvalue weighted by Gasteiger charge is 2.16. The van der Waals surface area contributed by atoms with Gasteiger partial charge in [-0.1, -0.05) is 24.4 Å². The molecule has 27 heavy (non-hydrogen) atoms. The Balaban J connectivity index is 1.81. The molecule has 0 radical (unpaired) electrons. The number of rotatable bonds is 5. The van der Waals surface area contributed by atoms with Gasteiger partial charge in [-0.2, -0.15) is 0 Å². The molecule has 0 atom stereocenters. The highest BCUT2D eigenvalue weighted by molar-refractivity contribution is 6.32. The van der Waals surface area contributed by atoms with Crippen LogP contribution in [0, 0.1) is 0 Å². The van der Waals surface area contributed by atoms with Gasteiger partial charge in [0.15, 0.2) is 0 Å². The summed E-state index contributed by atoms with van der Waals surface area (Å²) >= 11 is 6.12. The van der Waals surface area contributed by atoms with Crippen LogP contribution in [0.4, 0.5) is 11.5 Å². The highest BCUT2D eigenvalue weighted by Crippen LogP contribution is 2.36. The van der Waals surface area contributed by atoms with Crippen LogP contribution >= 0.6 is 11.6 Å². The molecule has 2 aromatic rings. The number of ether oxygens (including phenoxy) is 2. The van der Waals surface area contributed by atoms with Gasteiger partial charge in [-0.15, -0.1) is 0 Å². The fourth-order valence-electron chi connectivity index (χ4n) is 3.18. The number of methoxy groups -OCH3 is 2. The van der Waals surface area contributed by atoms with Crippen molar-refractivity contribution in [3.8, 4) is 11.5 Å². The van der Waals surface area contributed by atoms with E-state index in [1.165, 1.54) is 27.1 Å². The largest absolute Gasteiger partial charge is 0.495 e. The number of nitrogens with one attached hydrogen (secondary N) is 1. The van der Waals surface area contributed by atoms with Gasteiger partial charge in [0, 0.05) is 37.0 Å². The Morgan fingerprint density at radius 2 is 1.78 bits per heavy atom. The number of halogens is 1. The second-order valence-electron chi connectivity index (χ2n) is 6.45. The number of benzene rings is 1. The van der Waals surface area contributed by atoms with E-state index in [2.05, 4.69) is 15.2 Å². The van der Waals surface area contributed by atoms with E-state index in [0.717, 1.165) is 31.7 Å². The van der Waals surface area contributed by atoms with Gasteiger partial charge in [0.2, 0.25) is 0 Å². The molecule has 0 spiro atoms. The van der Waals surface area contributed by atoms with E-state index in [0.29, 0.717) is 27.8 Å². The van der Waals surface area contributed by atoms with E-state index in [1.807, 2.05) is 6.07 Å². The summed E-state index contributed by atoms with van der Waals surface area (Å²) < 4.78 is 10.5. The molecule has 1 N–H and O–H groups in total. The van der Waals surface area contributed by atoms with Crippen molar-refractivity contribution in [3.05, 3.63) is 41.0 Å². The first-order chi connectivity index (χ1) is 13.1. The van der Waals surface area contributed by atoms with Crippen LogP contribution in [-0.4, -0.2) is 38.2 Å². The first-order valence-electron chi connectivity index (χ1n) is 9.06. The Morgan fingerprint density at radius 1 is 1.07 bits per heavy atom. The van der Waals surface area contributed by atoms with Crippen molar-refractivity contribution in [2.24, 2.45) is 0 Å². The zero-order valence-electron chi connectivity index (χ0n) is 15.6. The Morgan fingerprint density at radius 3 is 2.44 bits per heavy atom. The number of carbonyl (C=O) groups excluding carboxylic acids is 1. The third-order valence-electron chi connectivity index (χ3n) is 4.66.